The number of amides is 1. The fourth-order valence-electron chi connectivity index (χ4n) is 1.83. The van der Waals surface area contributed by atoms with E-state index in [1.54, 1.807) is 29.1 Å². The summed E-state index contributed by atoms with van der Waals surface area (Å²) in [4.78, 5) is 12.2. The van der Waals surface area contributed by atoms with Crippen LogP contribution >= 0.6 is 0 Å². The van der Waals surface area contributed by atoms with Crippen LogP contribution in [0.3, 0.4) is 0 Å². The predicted molar refractivity (Wildman–Crippen MR) is 68.6 cm³/mol. The van der Waals surface area contributed by atoms with Crippen molar-refractivity contribution < 1.29 is 14.3 Å². The van der Waals surface area contributed by atoms with Crippen LogP contribution in [0.5, 0.6) is 0 Å². The summed E-state index contributed by atoms with van der Waals surface area (Å²) >= 11 is 0. The van der Waals surface area contributed by atoms with E-state index >= 15 is 0 Å². The highest BCUT2D eigenvalue weighted by molar-refractivity contribution is 5.92. The van der Waals surface area contributed by atoms with E-state index < -0.39 is 6.04 Å². The third kappa shape index (κ3) is 2.85. The van der Waals surface area contributed by atoms with Crippen molar-refractivity contribution in [2.24, 2.45) is 0 Å². The van der Waals surface area contributed by atoms with Gasteiger partial charge in [-0.05, 0) is 32.0 Å². The van der Waals surface area contributed by atoms with Gasteiger partial charge in [0.05, 0.1) is 12.9 Å². The van der Waals surface area contributed by atoms with Gasteiger partial charge in [-0.2, -0.15) is 5.10 Å². The number of furan rings is 1. The van der Waals surface area contributed by atoms with E-state index in [9.17, 15) is 9.90 Å². The minimum Gasteiger partial charge on any atom is -0.467 e. The first kappa shape index (κ1) is 13.4. The number of aromatic nitrogens is 2. The average molecular weight is 263 g/mol. The number of nitrogens with one attached hydrogen (secondary N) is 1. The lowest BCUT2D eigenvalue weighted by Gasteiger charge is -2.15. The predicted octanol–water partition coefficient (Wildman–Crippen LogP) is 1.52. The molecule has 0 aliphatic heterocycles. The summed E-state index contributed by atoms with van der Waals surface area (Å²) in [5.74, 6) is 0.230. The molecule has 1 amide bonds. The molecule has 0 spiro atoms. The number of hydrogen-bond donors (Lipinski definition) is 2. The first-order chi connectivity index (χ1) is 9.13. The van der Waals surface area contributed by atoms with Gasteiger partial charge in [0.15, 0.2) is 0 Å². The van der Waals surface area contributed by atoms with Gasteiger partial charge in [-0.3, -0.25) is 9.48 Å². The van der Waals surface area contributed by atoms with Crippen molar-refractivity contribution in [3.8, 4) is 0 Å². The Morgan fingerprint density at radius 3 is 2.89 bits per heavy atom. The van der Waals surface area contributed by atoms with Gasteiger partial charge in [-0.25, -0.2) is 0 Å². The molecule has 2 aromatic heterocycles. The van der Waals surface area contributed by atoms with E-state index in [2.05, 4.69) is 10.4 Å². The monoisotopic (exact) mass is 263 g/mol. The van der Waals surface area contributed by atoms with Crippen LogP contribution in [0, 0.1) is 0 Å². The molecular weight excluding hydrogens is 246 g/mol. The van der Waals surface area contributed by atoms with Gasteiger partial charge in [-0.1, -0.05) is 0 Å². The van der Waals surface area contributed by atoms with Crippen molar-refractivity contribution in [2.45, 2.75) is 25.9 Å². The molecule has 0 saturated heterocycles. The second-order valence-electron chi connectivity index (χ2n) is 4.48. The Kier molecular flexibility index (Phi) is 4.01. The van der Waals surface area contributed by atoms with E-state index in [1.807, 2.05) is 13.8 Å². The van der Waals surface area contributed by atoms with Gasteiger partial charge in [-0.15, -0.1) is 0 Å². The number of nitrogens with zero attached hydrogens (tertiary/aromatic N) is 2. The van der Waals surface area contributed by atoms with Gasteiger partial charge in [0.2, 0.25) is 0 Å². The molecule has 0 aromatic carbocycles. The van der Waals surface area contributed by atoms with Crippen molar-refractivity contribution in [1.82, 2.24) is 15.1 Å². The number of hydrogen-bond acceptors (Lipinski definition) is 4. The lowest BCUT2D eigenvalue weighted by Crippen LogP contribution is -2.32. The zero-order valence-corrected chi connectivity index (χ0v) is 10.9. The Morgan fingerprint density at radius 1 is 1.53 bits per heavy atom. The topological polar surface area (TPSA) is 80.3 Å². The fourth-order valence-corrected chi connectivity index (χ4v) is 1.83. The molecule has 2 N–H and O–H groups in total. The standard InChI is InChI=1S/C13H17N3O3/c1-9(2)16-11(5-6-14-16)13(18)15-10(8-17)12-4-3-7-19-12/h3-7,9-10,17H,8H2,1-2H3,(H,15,18). The number of aliphatic hydroxyl groups is 1. The van der Waals surface area contributed by atoms with Gasteiger partial charge < -0.3 is 14.8 Å². The first-order valence-corrected chi connectivity index (χ1v) is 6.12. The molecule has 2 heterocycles. The highest BCUT2D eigenvalue weighted by Gasteiger charge is 2.20. The Labute approximate surface area is 111 Å². The Balaban J connectivity index is 2.14. The molecule has 0 fully saturated rings. The number of aliphatic hydroxyl groups excluding tert-OH is 1. The van der Waals surface area contributed by atoms with Gasteiger partial charge in [0.25, 0.3) is 5.91 Å². The van der Waals surface area contributed by atoms with Crippen molar-refractivity contribution in [1.29, 1.82) is 0 Å². The van der Waals surface area contributed by atoms with E-state index in [4.69, 9.17) is 4.42 Å². The third-order valence-electron chi connectivity index (χ3n) is 2.77. The second kappa shape index (κ2) is 5.71. The summed E-state index contributed by atoms with van der Waals surface area (Å²) in [6, 6.07) is 4.60. The molecule has 6 heteroatoms. The van der Waals surface area contributed by atoms with Crippen LogP contribution in [0.15, 0.2) is 35.1 Å². The summed E-state index contributed by atoms with van der Waals surface area (Å²) in [5, 5.41) is 16.2. The zero-order chi connectivity index (χ0) is 13.8. The molecule has 19 heavy (non-hydrogen) atoms. The Bertz CT molecular complexity index is 531. The van der Waals surface area contributed by atoms with E-state index in [-0.39, 0.29) is 18.6 Å². The smallest absolute Gasteiger partial charge is 0.270 e. The average Bonchev–Trinajstić information content (AvgIpc) is 3.05. The molecule has 0 radical (unpaired) electrons. The van der Waals surface area contributed by atoms with E-state index in [0.717, 1.165) is 0 Å². The lowest BCUT2D eigenvalue weighted by atomic mass is 10.2. The van der Waals surface area contributed by atoms with Gasteiger partial charge in [0.1, 0.15) is 17.5 Å². The number of rotatable bonds is 5. The Morgan fingerprint density at radius 2 is 2.32 bits per heavy atom. The third-order valence-corrected chi connectivity index (χ3v) is 2.77. The molecular formula is C13H17N3O3. The summed E-state index contributed by atoms with van der Waals surface area (Å²) in [6.07, 6.45) is 3.08. The van der Waals surface area contributed by atoms with Crippen molar-refractivity contribution in [2.75, 3.05) is 6.61 Å². The van der Waals surface area contributed by atoms with E-state index in [0.29, 0.717) is 11.5 Å². The van der Waals surface area contributed by atoms with Crippen LogP contribution in [0.4, 0.5) is 0 Å². The normalized spacial score (nSPS) is 12.6. The number of carbonyl (C=O) groups excluding carboxylic acids is 1. The molecule has 6 nitrogen and oxygen atoms in total. The molecule has 1 atom stereocenters. The first-order valence-electron chi connectivity index (χ1n) is 6.12. The maximum absolute atomic E-state index is 12.2. The van der Waals surface area contributed by atoms with Crippen LogP contribution < -0.4 is 5.32 Å². The van der Waals surface area contributed by atoms with Crippen molar-refractivity contribution in [3.63, 3.8) is 0 Å². The maximum Gasteiger partial charge on any atom is 0.270 e. The SMILES string of the molecule is CC(C)n1nccc1C(=O)NC(CO)c1ccco1. The lowest BCUT2D eigenvalue weighted by molar-refractivity contribution is 0.0894. The molecule has 0 saturated carbocycles. The summed E-state index contributed by atoms with van der Waals surface area (Å²) in [5.41, 5.74) is 0.458. The fraction of sp³-hybridized carbons (Fsp3) is 0.385. The summed E-state index contributed by atoms with van der Waals surface area (Å²) < 4.78 is 6.82. The molecule has 0 aliphatic carbocycles. The molecule has 0 bridgehead atoms. The molecule has 2 rings (SSSR count). The minimum absolute atomic E-state index is 0.0898. The van der Waals surface area contributed by atoms with Crippen molar-refractivity contribution >= 4 is 5.91 Å². The molecule has 2 aromatic rings. The molecule has 102 valence electrons. The van der Waals surface area contributed by atoms with E-state index in [1.165, 1.54) is 6.26 Å². The second-order valence-corrected chi connectivity index (χ2v) is 4.48. The minimum atomic E-state index is -0.557. The summed E-state index contributed by atoms with van der Waals surface area (Å²) in [6.45, 7) is 3.66. The highest BCUT2D eigenvalue weighted by atomic mass is 16.3. The van der Waals surface area contributed by atoms with Crippen LogP contribution in [0.25, 0.3) is 0 Å². The van der Waals surface area contributed by atoms with Crippen LogP contribution in [0.2, 0.25) is 0 Å². The highest BCUT2D eigenvalue weighted by Crippen LogP contribution is 2.14. The zero-order valence-electron chi connectivity index (χ0n) is 10.9. The van der Waals surface area contributed by atoms with Gasteiger partial charge >= 0.3 is 0 Å². The number of carbonyl (C=O) groups is 1. The molecule has 1 unspecified atom stereocenters. The Hall–Kier alpha value is -2.08. The quantitative estimate of drug-likeness (QED) is 0.857. The largest absolute Gasteiger partial charge is 0.467 e. The van der Waals surface area contributed by atoms with Crippen LogP contribution in [0.1, 0.15) is 42.2 Å². The van der Waals surface area contributed by atoms with Crippen molar-refractivity contribution in [3.05, 3.63) is 42.1 Å². The summed E-state index contributed by atoms with van der Waals surface area (Å²) in [7, 11) is 0. The van der Waals surface area contributed by atoms with Crippen LogP contribution in [-0.2, 0) is 0 Å². The molecule has 0 aliphatic rings. The van der Waals surface area contributed by atoms with Crippen LogP contribution in [-0.4, -0.2) is 27.4 Å². The maximum atomic E-state index is 12.2. The van der Waals surface area contributed by atoms with Gasteiger partial charge in [0, 0.05) is 12.2 Å².